The highest BCUT2D eigenvalue weighted by Gasteiger charge is 2.20. The van der Waals surface area contributed by atoms with Crippen LogP contribution < -0.4 is 22.1 Å². The van der Waals surface area contributed by atoms with Crippen LogP contribution in [0.4, 0.5) is 10.5 Å². The fraction of sp³-hybridized carbons (Fsp3) is 0.364. The molecule has 0 spiro atoms. The first-order valence-corrected chi connectivity index (χ1v) is 5.17. The first-order valence-electron chi connectivity index (χ1n) is 5.17. The van der Waals surface area contributed by atoms with Crippen LogP contribution in [-0.4, -0.2) is 11.1 Å². The number of aromatic hydroxyl groups is 1. The van der Waals surface area contributed by atoms with E-state index in [4.69, 9.17) is 11.7 Å². The number of phenolic OH excluding ortho intramolecular Hbond substituents is 1. The Morgan fingerprint density at radius 1 is 1.12 bits per heavy atom. The number of amides is 2. The zero-order chi connectivity index (χ0) is 13.3. The van der Waals surface area contributed by atoms with Gasteiger partial charge in [-0.3, -0.25) is 5.43 Å². The molecule has 0 aliphatic rings. The van der Waals surface area contributed by atoms with Crippen molar-refractivity contribution in [1.29, 1.82) is 0 Å². The molecule has 1 rings (SSSR count). The summed E-state index contributed by atoms with van der Waals surface area (Å²) in [5.41, 5.74) is 5.42. The van der Waals surface area contributed by atoms with E-state index in [1.165, 1.54) is 0 Å². The van der Waals surface area contributed by atoms with Gasteiger partial charge in [-0.25, -0.2) is 21.5 Å². The van der Waals surface area contributed by atoms with E-state index in [1.807, 2.05) is 5.43 Å². The van der Waals surface area contributed by atoms with Crippen molar-refractivity contribution in [1.82, 2.24) is 5.43 Å². The van der Waals surface area contributed by atoms with E-state index in [-0.39, 0.29) is 5.75 Å². The topological polar surface area (TPSA) is 105 Å². The summed E-state index contributed by atoms with van der Waals surface area (Å²) in [5, 5.41) is 10.8. The van der Waals surface area contributed by atoms with Crippen LogP contribution in [0.3, 0.4) is 0 Å². The van der Waals surface area contributed by atoms with Crippen molar-refractivity contribution in [2.24, 2.45) is 11.7 Å². The minimum absolute atomic E-state index is 0.227. The fourth-order valence-electron chi connectivity index (χ4n) is 1.81. The Morgan fingerprint density at radius 2 is 1.53 bits per heavy atom. The molecule has 0 fully saturated rings. The van der Waals surface area contributed by atoms with E-state index in [9.17, 15) is 9.90 Å². The molecule has 2 amide bonds. The average Bonchev–Trinajstić information content (AvgIpc) is 2.32. The SMILES string of the molecule is Cc1c(C)c(N(N)C(=O)NN)c(C)c(C)c1O. The normalized spacial score (nSPS) is 10.2. The lowest BCUT2D eigenvalue weighted by Gasteiger charge is -2.23. The Morgan fingerprint density at radius 3 is 1.88 bits per heavy atom. The summed E-state index contributed by atoms with van der Waals surface area (Å²) < 4.78 is 0. The Kier molecular flexibility index (Phi) is 3.59. The average molecular weight is 238 g/mol. The highest BCUT2D eigenvalue weighted by Crippen LogP contribution is 2.35. The molecule has 0 aliphatic carbocycles. The van der Waals surface area contributed by atoms with Gasteiger partial charge in [0.25, 0.3) is 0 Å². The van der Waals surface area contributed by atoms with Gasteiger partial charge in [0.2, 0.25) is 0 Å². The number of nitrogens with two attached hydrogens (primary N) is 2. The van der Waals surface area contributed by atoms with Gasteiger partial charge < -0.3 is 5.11 Å². The second-order valence-corrected chi connectivity index (χ2v) is 4.02. The molecule has 0 radical (unpaired) electrons. The predicted octanol–water partition coefficient (Wildman–Crippen LogP) is 0.889. The number of carbonyl (C=O) groups is 1. The summed E-state index contributed by atoms with van der Waals surface area (Å²) in [5.74, 6) is 11.0. The highest BCUT2D eigenvalue weighted by molar-refractivity contribution is 5.93. The van der Waals surface area contributed by atoms with Crippen molar-refractivity contribution in [3.63, 3.8) is 0 Å². The summed E-state index contributed by atoms with van der Waals surface area (Å²) in [7, 11) is 0. The van der Waals surface area contributed by atoms with Crippen molar-refractivity contribution in [3.05, 3.63) is 22.3 Å². The monoisotopic (exact) mass is 238 g/mol. The maximum absolute atomic E-state index is 11.4. The maximum atomic E-state index is 11.4. The molecule has 0 heterocycles. The number of nitrogens with one attached hydrogen (secondary N) is 1. The Bertz CT molecular complexity index is 442. The van der Waals surface area contributed by atoms with Gasteiger partial charge in [0.15, 0.2) is 0 Å². The van der Waals surface area contributed by atoms with E-state index in [0.717, 1.165) is 16.1 Å². The maximum Gasteiger partial charge on any atom is 0.350 e. The molecular formula is C11H18N4O2. The van der Waals surface area contributed by atoms with Gasteiger partial charge in [-0.15, -0.1) is 0 Å². The van der Waals surface area contributed by atoms with Gasteiger partial charge in [0, 0.05) is 0 Å². The number of hydrazine groups is 2. The van der Waals surface area contributed by atoms with Crippen molar-refractivity contribution >= 4 is 11.7 Å². The molecule has 0 unspecified atom stereocenters. The minimum Gasteiger partial charge on any atom is -0.507 e. The van der Waals surface area contributed by atoms with Crippen LogP contribution in [0.25, 0.3) is 0 Å². The summed E-state index contributed by atoms with van der Waals surface area (Å²) in [6, 6.07) is -0.610. The standard InChI is InChI=1S/C11H18N4O2/c1-5-7(3)10(16)8(4)6(2)9(5)15(13)11(17)14-12/h16H,12-13H2,1-4H3,(H,14,17). The zero-order valence-corrected chi connectivity index (χ0v) is 10.5. The van der Waals surface area contributed by atoms with Crippen molar-refractivity contribution in [3.8, 4) is 5.75 Å². The highest BCUT2D eigenvalue weighted by atomic mass is 16.3. The lowest BCUT2D eigenvalue weighted by Crippen LogP contribution is -2.48. The fourth-order valence-corrected chi connectivity index (χ4v) is 1.81. The van der Waals surface area contributed by atoms with Crippen LogP contribution in [0.5, 0.6) is 5.75 Å². The lowest BCUT2D eigenvalue weighted by molar-refractivity contribution is 0.246. The van der Waals surface area contributed by atoms with E-state index >= 15 is 0 Å². The van der Waals surface area contributed by atoms with Crippen molar-refractivity contribution in [2.45, 2.75) is 27.7 Å². The molecular weight excluding hydrogens is 220 g/mol. The molecule has 1 aromatic rings. The summed E-state index contributed by atoms with van der Waals surface area (Å²) >= 11 is 0. The summed E-state index contributed by atoms with van der Waals surface area (Å²) in [4.78, 5) is 11.4. The number of carbonyl (C=O) groups excluding carboxylic acids is 1. The van der Waals surface area contributed by atoms with Crippen LogP contribution in [0, 0.1) is 27.7 Å². The second-order valence-electron chi connectivity index (χ2n) is 4.02. The number of rotatable bonds is 1. The van der Waals surface area contributed by atoms with Gasteiger partial charge in [0.1, 0.15) is 5.75 Å². The van der Waals surface area contributed by atoms with Crippen LogP contribution in [0.1, 0.15) is 22.3 Å². The van der Waals surface area contributed by atoms with E-state index in [0.29, 0.717) is 16.8 Å². The molecule has 6 N–H and O–H groups in total. The van der Waals surface area contributed by atoms with Crippen LogP contribution in [0.2, 0.25) is 0 Å². The van der Waals surface area contributed by atoms with Gasteiger partial charge in [-0.1, -0.05) is 0 Å². The van der Waals surface area contributed by atoms with Crippen molar-refractivity contribution < 1.29 is 9.90 Å². The predicted molar refractivity (Wildman–Crippen MR) is 66.4 cm³/mol. The number of urea groups is 1. The first-order chi connectivity index (χ1) is 7.82. The van der Waals surface area contributed by atoms with Crippen molar-refractivity contribution in [2.75, 3.05) is 5.01 Å². The van der Waals surface area contributed by atoms with E-state index < -0.39 is 6.03 Å². The molecule has 0 aromatic heterocycles. The quantitative estimate of drug-likeness (QED) is 0.331. The molecule has 94 valence electrons. The molecule has 0 bridgehead atoms. The van der Waals surface area contributed by atoms with Gasteiger partial charge >= 0.3 is 6.03 Å². The van der Waals surface area contributed by atoms with Crippen LogP contribution in [0.15, 0.2) is 0 Å². The summed E-state index contributed by atoms with van der Waals surface area (Å²) in [6.07, 6.45) is 0. The Hall–Kier alpha value is -1.79. The largest absolute Gasteiger partial charge is 0.507 e. The van der Waals surface area contributed by atoms with Crippen LogP contribution >= 0.6 is 0 Å². The van der Waals surface area contributed by atoms with E-state index in [2.05, 4.69) is 0 Å². The molecule has 17 heavy (non-hydrogen) atoms. The zero-order valence-electron chi connectivity index (χ0n) is 10.5. The molecule has 0 aliphatic heterocycles. The number of nitrogens with zero attached hydrogens (tertiary/aromatic N) is 1. The number of benzene rings is 1. The molecule has 0 saturated carbocycles. The molecule has 6 nitrogen and oxygen atoms in total. The minimum atomic E-state index is -0.610. The first kappa shape index (κ1) is 13.3. The number of hydrogen-bond acceptors (Lipinski definition) is 4. The molecule has 0 atom stereocenters. The van der Waals surface area contributed by atoms with E-state index in [1.54, 1.807) is 27.7 Å². The molecule has 6 heteroatoms. The Labute approximate surface area is 100 Å². The lowest BCUT2D eigenvalue weighted by atomic mass is 9.97. The number of hydrogen-bond donors (Lipinski definition) is 4. The van der Waals surface area contributed by atoms with Gasteiger partial charge in [-0.2, -0.15) is 0 Å². The summed E-state index contributed by atoms with van der Waals surface area (Å²) in [6.45, 7) is 7.13. The third-order valence-electron chi connectivity index (χ3n) is 3.13. The number of anilines is 1. The Balaban J connectivity index is 3.49. The van der Waals surface area contributed by atoms with Gasteiger partial charge in [-0.05, 0) is 49.9 Å². The molecule has 1 aromatic carbocycles. The van der Waals surface area contributed by atoms with Crippen LogP contribution in [-0.2, 0) is 0 Å². The number of phenols is 1. The third-order valence-corrected chi connectivity index (χ3v) is 3.13. The molecule has 0 saturated heterocycles. The second kappa shape index (κ2) is 4.60. The third kappa shape index (κ3) is 2.04. The van der Waals surface area contributed by atoms with Gasteiger partial charge in [0.05, 0.1) is 5.69 Å². The smallest absolute Gasteiger partial charge is 0.350 e.